The normalized spacial score (nSPS) is 7.58. The van der Waals surface area contributed by atoms with Gasteiger partial charge >= 0.3 is 6.03 Å². The Hall–Kier alpha value is -1.26. The summed E-state index contributed by atoms with van der Waals surface area (Å²) in [7, 11) is 0. The molecule has 0 fully saturated rings. The van der Waals surface area contributed by atoms with Gasteiger partial charge in [-0.05, 0) is 6.92 Å². The maximum atomic E-state index is 10.6. The lowest BCUT2D eigenvalue weighted by Crippen LogP contribution is -2.39. The van der Waals surface area contributed by atoms with E-state index >= 15 is 0 Å². The number of likely N-dealkylation sites (N-methyl/N-ethyl adjacent to an activating group) is 1. The van der Waals surface area contributed by atoms with Gasteiger partial charge in [-0.1, -0.05) is 13.8 Å². The lowest BCUT2D eigenvalue weighted by atomic mass is 10.5. The summed E-state index contributed by atoms with van der Waals surface area (Å²) in [6.45, 7) is 6.30. The first-order valence-corrected chi connectivity index (χ1v) is 3.96. The predicted molar refractivity (Wildman–Crippen MR) is 47.6 cm³/mol. The fourth-order valence-corrected chi connectivity index (χ4v) is 0.427. The molecule has 0 aliphatic rings. The van der Waals surface area contributed by atoms with Gasteiger partial charge in [0.05, 0.1) is 6.54 Å². The van der Waals surface area contributed by atoms with Crippen molar-refractivity contribution in [1.82, 2.24) is 10.6 Å². The summed E-state index contributed by atoms with van der Waals surface area (Å²) in [5.74, 6) is -0.235. The third-order valence-electron chi connectivity index (χ3n) is 0.797. The van der Waals surface area contributed by atoms with Crippen LogP contribution in [0.5, 0.6) is 0 Å². The Balaban J connectivity index is 0. The van der Waals surface area contributed by atoms with Crippen molar-refractivity contribution < 1.29 is 9.59 Å². The van der Waals surface area contributed by atoms with E-state index in [4.69, 9.17) is 5.73 Å². The fourth-order valence-electron chi connectivity index (χ4n) is 0.427. The number of rotatable bonds is 3. The Morgan fingerprint density at radius 1 is 1.25 bits per heavy atom. The van der Waals surface area contributed by atoms with E-state index in [-0.39, 0.29) is 12.5 Å². The standard InChI is InChI=1S/C5H11N3O2.C2H6/c1-2-7-4(9)3-8-5(6)10;1-2/h2-3H2,1H3,(H,7,9)(H3,6,8,10);1-2H3. The van der Waals surface area contributed by atoms with Gasteiger partial charge in [0, 0.05) is 6.54 Å². The molecule has 0 rings (SSSR count). The molecule has 0 aliphatic heterocycles. The second kappa shape index (κ2) is 9.74. The minimum atomic E-state index is -0.689. The molecule has 5 heteroatoms. The van der Waals surface area contributed by atoms with Crippen molar-refractivity contribution in [3.05, 3.63) is 0 Å². The Labute approximate surface area is 72.7 Å². The molecule has 0 aromatic heterocycles. The van der Waals surface area contributed by atoms with Gasteiger partial charge in [-0.15, -0.1) is 0 Å². The molecular weight excluding hydrogens is 158 g/mol. The van der Waals surface area contributed by atoms with Crippen molar-refractivity contribution in [2.45, 2.75) is 20.8 Å². The van der Waals surface area contributed by atoms with E-state index in [0.29, 0.717) is 6.54 Å². The van der Waals surface area contributed by atoms with Gasteiger partial charge in [-0.25, -0.2) is 4.79 Å². The summed E-state index contributed by atoms with van der Waals surface area (Å²) in [6.07, 6.45) is 0. The minimum Gasteiger partial charge on any atom is -0.355 e. The number of hydrogen-bond donors (Lipinski definition) is 3. The molecular formula is C7H17N3O2. The van der Waals surface area contributed by atoms with Crippen molar-refractivity contribution in [1.29, 1.82) is 0 Å². The number of nitrogens with two attached hydrogens (primary N) is 1. The number of primary amides is 1. The van der Waals surface area contributed by atoms with Crippen LogP contribution < -0.4 is 16.4 Å². The average molecular weight is 175 g/mol. The number of amides is 3. The molecule has 72 valence electrons. The molecule has 0 unspecified atom stereocenters. The van der Waals surface area contributed by atoms with Crippen molar-refractivity contribution in [2.24, 2.45) is 5.73 Å². The first kappa shape index (κ1) is 13.3. The number of hydrogen-bond acceptors (Lipinski definition) is 2. The van der Waals surface area contributed by atoms with E-state index in [1.165, 1.54) is 0 Å². The fraction of sp³-hybridized carbons (Fsp3) is 0.714. The Morgan fingerprint density at radius 3 is 2.08 bits per heavy atom. The summed E-state index contributed by atoms with van der Waals surface area (Å²) >= 11 is 0. The van der Waals surface area contributed by atoms with Crippen LogP contribution in [0, 0.1) is 0 Å². The largest absolute Gasteiger partial charge is 0.355 e. The molecule has 5 nitrogen and oxygen atoms in total. The Kier molecular flexibility index (Phi) is 10.8. The van der Waals surface area contributed by atoms with E-state index in [9.17, 15) is 9.59 Å². The smallest absolute Gasteiger partial charge is 0.312 e. The number of carbonyl (C=O) groups is 2. The maximum Gasteiger partial charge on any atom is 0.312 e. The van der Waals surface area contributed by atoms with E-state index < -0.39 is 6.03 Å². The number of nitrogens with one attached hydrogen (secondary N) is 2. The summed E-state index contributed by atoms with van der Waals surface area (Å²) in [4.78, 5) is 20.6. The zero-order valence-corrected chi connectivity index (χ0v) is 7.81. The molecule has 3 amide bonds. The quantitative estimate of drug-likeness (QED) is 0.555. The van der Waals surface area contributed by atoms with Gasteiger partial charge in [-0.3, -0.25) is 4.79 Å². The van der Waals surface area contributed by atoms with Crippen molar-refractivity contribution in [3.63, 3.8) is 0 Å². The van der Waals surface area contributed by atoms with Crippen LogP contribution in [0.1, 0.15) is 20.8 Å². The van der Waals surface area contributed by atoms with Crippen molar-refractivity contribution in [2.75, 3.05) is 13.1 Å². The van der Waals surface area contributed by atoms with Gasteiger partial charge in [0.25, 0.3) is 0 Å². The molecule has 0 saturated carbocycles. The molecule has 0 spiro atoms. The summed E-state index contributed by atoms with van der Waals surface area (Å²) in [6, 6.07) is -0.689. The lowest BCUT2D eigenvalue weighted by molar-refractivity contribution is -0.119. The third kappa shape index (κ3) is 11.5. The first-order chi connectivity index (χ1) is 5.66. The molecule has 0 radical (unpaired) electrons. The summed E-state index contributed by atoms with van der Waals surface area (Å²) in [5, 5.41) is 4.65. The predicted octanol–water partition coefficient (Wildman–Crippen LogP) is -0.183. The second-order valence-electron chi connectivity index (χ2n) is 1.67. The van der Waals surface area contributed by atoms with Gasteiger partial charge in [0.15, 0.2) is 0 Å². The second-order valence-corrected chi connectivity index (χ2v) is 1.67. The van der Waals surface area contributed by atoms with Crippen molar-refractivity contribution in [3.8, 4) is 0 Å². The average Bonchev–Trinajstić information content (AvgIpc) is 2.05. The molecule has 0 aromatic carbocycles. The minimum absolute atomic E-state index is 0.0524. The highest BCUT2D eigenvalue weighted by Gasteiger charge is 1.98. The van der Waals surface area contributed by atoms with Crippen LogP contribution in [0.15, 0.2) is 0 Å². The van der Waals surface area contributed by atoms with E-state index in [2.05, 4.69) is 10.6 Å². The number of urea groups is 1. The molecule has 4 N–H and O–H groups in total. The highest BCUT2D eigenvalue weighted by Crippen LogP contribution is 1.62. The monoisotopic (exact) mass is 175 g/mol. The van der Waals surface area contributed by atoms with Crippen LogP contribution in [0.25, 0.3) is 0 Å². The third-order valence-corrected chi connectivity index (χ3v) is 0.797. The first-order valence-electron chi connectivity index (χ1n) is 3.96. The summed E-state index contributed by atoms with van der Waals surface area (Å²) < 4.78 is 0. The number of carbonyl (C=O) groups excluding carboxylic acids is 2. The van der Waals surface area contributed by atoms with E-state index in [1.807, 2.05) is 13.8 Å². The van der Waals surface area contributed by atoms with Crippen LogP contribution in [0.3, 0.4) is 0 Å². The molecule has 0 heterocycles. The highest BCUT2D eigenvalue weighted by molar-refractivity contribution is 5.83. The SMILES string of the molecule is CC.CCNC(=O)CNC(N)=O. The molecule has 0 saturated heterocycles. The van der Waals surface area contributed by atoms with Crippen LogP contribution in [-0.2, 0) is 4.79 Å². The highest BCUT2D eigenvalue weighted by atomic mass is 16.2. The zero-order chi connectivity index (χ0) is 9.98. The van der Waals surface area contributed by atoms with Crippen LogP contribution in [-0.4, -0.2) is 25.0 Å². The van der Waals surface area contributed by atoms with Gasteiger partial charge < -0.3 is 16.4 Å². The Morgan fingerprint density at radius 2 is 1.75 bits per heavy atom. The van der Waals surface area contributed by atoms with Crippen LogP contribution in [0.2, 0.25) is 0 Å². The van der Waals surface area contributed by atoms with Crippen LogP contribution >= 0.6 is 0 Å². The van der Waals surface area contributed by atoms with E-state index in [1.54, 1.807) is 6.92 Å². The molecule has 0 aliphatic carbocycles. The van der Waals surface area contributed by atoms with Gasteiger partial charge in [0.1, 0.15) is 0 Å². The molecule has 0 atom stereocenters. The molecule has 12 heavy (non-hydrogen) atoms. The molecule has 0 bridgehead atoms. The van der Waals surface area contributed by atoms with E-state index in [0.717, 1.165) is 0 Å². The molecule has 0 aromatic rings. The summed E-state index contributed by atoms with van der Waals surface area (Å²) in [5.41, 5.74) is 4.71. The van der Waals surface area contributed by atoms with Crippen LogP contribution in [0.4, 0.5) is 4.79 Å². The topological polar surface area (TPSA) is 84.2 Å². The van der Waals surface area contributed by atoms with Gasteiger partial charge in [0.2, 0.25) is 5.91 Å². The van der Waals surface area contributed by atoms with Crippen molar-refractivity contribution >= 4 is 11.9 Å². The van der Waals surface area contributed by atoms with Gasteiger partial charge in [-0.2, -0.15) is 0 Å². The maximum absolute atomic E-state index is 10.6. The zero-order valence-electron chi connectivity index (χ0n) is 7.81. The Bertz CT molecular complexity index is 137. The lowest BCUT2D eigenvalue weighted by Gasteiger charge is -2.00.